The number of hydrogen-bond acceptors (Lipinski definition) is 5. The van der Waals surface area contributed by atoms with Crippen molar-refractivity contribution < 1.29 is 4.79 Å². The standard InChI is InChI=1S/C14H24N4OS.ClH/c1-3-15-8-12-4-6-18(7-5-12)9-13(19)17-14-16-11(2)10-20-14;/h10,12,15H,3-9H2,1-2H3,(H,16,17,19);1H. The average Bonchev–Trinajstić information content (AvgIpc) is 2.83. The van der Waals surface area contributed by atoms with Gasteiger partial charge in [0.05, 0.1) is 12.2 Å². The summed E-state index contributed by atoms with van der Waals surface area (Å²) in [7, 11) is 0. The molecule has 2 heterocycles. The van der Waals surface area contributed by atoms with E-state index in [1.807, 2.05) is 12.3 Å². The fourth-order valence-corrected chi connectivity index (χ4v) is 3.17. The molecule has 1 aliphatic rings. The van der Waals surface area contributed by atoms with E-state index in [0.717, 1.165) is 37.8 Å². The van der Waals surface area contributed by atoms with Gasteiger partial charge in [-0.3, -0.25) is 9.69 Å². The largest absolute Gasteiger partial charge is 0.317 e. The molecular weight excluding hydrogens is 308 g/mol. The second-order valence-corrected chi connectivity index (χ2v) is 6.23. The smallest absolute Gasteiger partial charge is 0.240 e. The number of amides is 1. The Hall–Kier alpha value is -0.690. The molecule has 1 aliphatic heterocycles. The zero-order chi connectivity index (χ0) is 14.4. The molecule has 5 nitrogen and oxygen atoms in total. The summed E-state index contributed by atoms with van der Waals surface area (Å²) in [6.45, 7) is 8.72. The van der Waals surface area contributed by atoms with Gasteiger partial charge in [0.15, 0.2) is 5.13 Å². The molecule has 0 saturated carbocycles. The fourth-order valence-electron chi connectivity index (χ4n) is 2.47. The molecular formula is C14H25ClN4OS. The minimum Gasteiger partial charge on any atom is -0.317 e. The monoisotopic (exact) mass is 332 g/mol. The van der Waals surface area contributed by atoms with Crippen LogP contribution >= 0.6 is 23.7 Å². The first-order valence-corrected chi connectivity index (χ1v) is 8.20. The van der Waals surface area contributed by atoms with E-state index < -0.39 is 0 Å². The van der Waals surface area contributed by atoms with Crippen molar-refractivity contribution in [2.75, 3.05) is 38.0 Å². The maximum Gasteiger partial charge on any atom is 0.240 e. The number of likely N-dealkylation sites (tertiary alicyclic amines) is 1. The maximum absolute atomic E-state index is 11.9. The molecule has 21 heavy (non-hydrogen) atoms. The highest BCUT2D eigenvalue weighted by atomic mass is 35.5. The van der Waals surface area contributed by atoms with Crippen molar-refractivity contribution in [1.82, 2.24) is 15.2 Å². The van der Waals surface area contributed by atoms with E-state index in [-0.39, 0.29) is 18.3 Å². The number of aromatic nitrogens is 1. The van der Waals surface area contributed by atoms with Gasteiger partial charge in [0.2, 0.25) is 5.91 Å². The molecule has 120 valence electrons. The predicted molar refractivity (Wildman–Crippen MR) is 90.4 cm³/mol. The number of anilines is 1. The quantitative estimate of drug-likeness (QED) is 0.838. The van der Waals surface area contributed by atoms with Crippen LogP contribution in [0.5, 0.6) is 0 Å². The summed E-state index contributed by atoms with van der Waals surface area (Å²) in [5.74, 6) is 0.806. The van der Waals surface area contributed by atoms with Crippen LogP contribution in [0.15, 0.2) is 5.38 Å². The molecule has 2 rings (SSSR count). The van der Waals surface area contributed by atoms with Crippen LogP contribution in [0.25, 0.3) is 0 Å². The van der Waals surface area contributed by atoms with Gasteiger partial charge in [0.25, 0.3) is 0 Å². The molecule has 1 amide bonds. The lowest BCUT2D eigenvalue weighted by Crippen LogP contribution is -2.41. The van der Waals surface area contributed by atoms with Crippen LogP contribution < -0.4 is 10.6 Å². The number of aryl methyl sites for hydroxylation is 1. The third-order valence-corrected chi connectivity index (χ3v) is 4.50. The van der Waals surface area contributed by atoms with Gasteiger partial charge in [-0.25, -0.2) is 4.98 Å². The van der Waals surface area contributed by atoms with Gasteiger partial charge in [0.1, 0.15) is 0 Å². The Morgan fingerprint density at radius 2 is 2.19 bits per heavy atom. The zero-order valence-electron chi connectivity index (χ0n) is 12.7. The van der Waals surface area contributed by atoms with Crippen molar-refractivity contribution in [2.24, 2.45) is 5.92 Å². The van der Waals surface area contributed by atoms with E-state index >= 15 is 0 Å². The van der Waals surface area contributed by atoms with Crippen LogP contribution in [-0.4, -0.2) is 48.5 Å². The van der Waals surface area contributed by atoms with Crippen molar-refractivity contribution in [3.05, 3.63) is 11.1 Å². The van der Waals surface area contributed by atoms with E-state index in [9.17, 15) is 4.79 Å². The Labute approximate surface area is 136 Å². The van der Waals surface area contributed by atoms with Crippen molar-refractivity contribution in [2.45, 2.75) is 26.7 Å². The summed E-state index contributed by atoms with van der Waals surface area (Å²) < 4.78 is 0. The molecule has 7 heteroatoms. The first-order valence-electron chi connectivity index (χ1n) is 7.32. The molecule has 1 aromatic rings. The molecule has 1 saturated heterocycles. The number of carbonyl (C=O) groups excluding carboxylic acids is 1. The highest BCUT2D eigenvalue weighted by Crippen LogP contribution is 2.17. The first-order chi connectivity index (χ1) is 9.67. The zero-order valence-corrected chi connectivity index (χ0v) is 14.4. The number of hydrogen-bond donors (Lipinski definition) is 2. The average molecular weight is 333 g/mol. The highest BCUT2D eigenvalue weighted by Gasteiger charge is 2.20. The lowest BCUT2D eigenvalue weighted by molar-refractivity contribution is -0.117. The third kappa shape index (κ3) is 6.30. The molecule has 0 radical (unpaired) electrons. The van der Waals surface area contributed by atoms with Crippen molar-refractivity contribution in [3.8, 4) is 0 Å². The summed E-state index contributed by atoms with van der Waals surface area (Å²) in [5, 5.41) is 8.92. The number of nitrogens with one attached hydrogen (secondary N) is 2. The third-order valence-electron chi connectivity index (χ3n) is 3.62. The number of halogens is 1. The molecule has 0 spiro atoms. The van der Waals surface area contributed by atoms with Gasteiger partial charge < -0.3 is 10.6 Å². The Morgan fingerprint density at radius 1 is 1.48 bits per heavy atom. The molecule has 0 unspecified atom stereocenters. The molecule has 0 atom stereocenters. The second-order valence-electron chi connectivity index (χ2n) is 5.37. The highest BCUT2D eigenvalue weighted by molar-refractivity contribution is 7.13. The summed E-state index contributed by atoms with van der Waals surface area (Å²) >= 11 is 1.48. The van der Waals surface area contributed by atoms with Crippen LogP contribution in [0.4, 0.5) is 5.13 Å². The first kappa shape index (κ1) is 18.4. The van der Waals surface area contributed by atoms with Crippen LogP contribution in [0, 0.1) is 12.8 Å². The summed E-state index contributed by atoms with van der Waals surface area (Å²) in [6.07, 6.45) is 2.35. The van der Waals surface area contributed by atoms with E-state index in [4.69, 9.17) is 0 Å². The fraction of sp³-hybridized carbons (Fsp3) is 0.714. The van der Waals surface area contributed by atoms with E-state index in [1.54, 1.807) is 0 Å². The molecule has 0 aromatic carbocycles. The van der Waals surface area contributed by atoms with Crippen molar-refractivity contribution in [3.63, 3.8) is 0 Å². The Balaban J connectivity index is 0.00000220. The van der Waals surface area contributed by atoms with Gasteiger partial charge >= 0.3 is 0 Å². The molecule has 1 fully saturated rings. The van der Waals surface area contributed by atoms with E-state index in [0.29, 0.717) is 11.7 Å². The van der Waals surface area contributed by atoms with Gasteiger partial charge in [-0.15, -0.1) is 23.7 Å². The molecule has 2 N–H and O–H groups in total. The van der Waals surface area contributed by atoms with Gasteiger partial charge in [-0.2, -0.15) is 0 Å². The number of thiazole rings is 1. The minimum atomic E-state index is 0. The number of nitrogens with zero attached hydrogens (tertiary/aromatic N) is 2. The van der Waals surface area contributed by atoms with Crippen molar-refractivity contribution >= 4 is 34.8 Å². The molecule has 1 aromatic heterocycles. The summed E-state index contributed by atoms with van der Waals surface area (Å²) in [5.41, 5.74) is 0.953. The lowest BCUT2D eigenvalue weighted by Gasteiger charge is -2.31. The van der Waals surface area contributed by atoms with Crippen LogP contribution in [-0.2, 0) is 4.79 Å². The van der Waals surface area contributed by atoms with Crippen LogP contribution in [0.1, 0.15) is 25.5 Å². The van der Waals surface area contributed by atoms with Gasteiger partial charge in [0, 0.05) is 5.38 Å². The van der Waals surface area contributed by atoms with E-state index in [1.165, 1.54) is 24.2 Å². The Kier molecular flexibility index (Phi) is 8.18. The topological polar surface area (TPSA) is 57.3 Å². The number of carbonyl (C=O) groups is 1. The van der Waals surface area contributed by atoms with Crippen LogP contribution in [0.2, 0.25) is 0 Å². The summed E-state index contributed by atoms with van der Waals surface area (Å²) in [4.78, 5) is 18.4. The predicted octanol–water partition coefficient (Wildman–Crippen LogP) is 2.13. The lowest BCUT2D eigenvalue weighted by atomic mass is 9.97. The number of rotatable bonds is 6. The second kappa shape index (κ2) is 9.35. The normalized spacial score (nSPS) is 16.5. The molecule has 0 bridgehead atoms. The van der Waals surface area contributed by atoms with E-state index in [2.05, 4.69) is 27.4 Å². The van der Waals surface area contributed by atoms with Crippen LogP contribution in [0.3, 0.4) is 0 Å². The Bertz CT molecular complexity index is 432. The molecule has 0 aliphatic carbocycles. The SMILES string of the molecule is CCNCC1CCN(CC(=O)Nc2nc(C)cs2)CC1.Cl. The number of piperidine rings is 1. The summed E-state index contributed by atoms with van der Waals surface area (Å²) in [6, 6.07) is 0. The minimum absolute atomic E-state index is 0. The van der Waals surface area contributed by atoms with Crippen molar-refractivity contribution in [1.29, 1.82) is 0 Å². The Morgan fingerprint density at radius 3 is 2.76 bits per heavy atom. The maximum atomic E-state index is 11.9. The van der Waals surface area contributed by atoms with Gasteiger partial charge in [-0.1, -0.05) is 6.92 Å². The van der Waals surface area contributed by atoms with Gasteiger partial charge in [-0.05, 0) is 51.9 Å².